The van der Waals surface area contributed by atoms with Crippen LogP contribution in [0.3, 0.4) is 0 Å². The molecule has 25 heavy (non-hydrogen) atoms. The first kappa shape index (κ1) is 19.2. The lowest BCUT2D eigenvalue weighted by molar-refractivity contribution is 0.0953. The number of piperidine rings is 1. The summed E-state index contributed by atoms with van der Waals surface area (Å²) in [6.07, 6.45) is 2.36. The van der Waals surface area contributed by atoms with Crippen LogP contribution in [0.5, 0.6) is 0 Å². The van der Waals surface area contributed by atoms with Crippen LogP contribution in [0.15, 0.2) is 30.3 Å². The van der Waals surface area contributed by atoms with E-state index in [0.717, 1.165) is 19.5 Å². The molecular weight excluding hydrogens is 316 g/mol. The van der Waals surface area contributed by atoms with Crippen molar-refractivity contribution in [2.24, 2.45) is 5.92 Å². The molecule has 1 aliphatic heterocycles. The molecule has 1 fully saturated rings. The zero-order valence-corrected chi connectivity index (χ0v) is 15.3. The van der Waals surface area contributed by atoms with E-state index in [0.29, 0.717) is 37.2 Å². The van der Waals surface area contributed by atoms with Gasteiger partial charge in [0.15, 0.2) is 0 Å². The number of likely N-dealkylation sites (tertiary alicyclic amines) is 1. The van der Waals surface area contributed by atoms with E-state index in [2.05, 4.69) is 34.7 Å². The Balaban J connectivity index is 1.57. The molecule has 0 bridgehead atoms. The first-order valence-corrected chi connectivity index (χ1v) is 9.15. The van der Waals surface area contributed by atoms with E-state index < -0.39 is 0 Å². The van der Waals surface area contributed by atoms with Crippen LogP contribution in [0.4, 0.5) is 4.79 Å². The smallest absolute Gasteiger partial charge is 0.314 e. The lowest BCUT2D eigenvalue weighted by atomic mass is 9.97. The van der Waals surface area contributed by atoms with Gasteiger partial charge in [-0.05, 0) is 51.3 Å². The van der Waals surface area contributed by atoms with Gasteiger partial charge >= 0.3 is 6.03 Å². The summed E-state index contributed by atoms with van der Waals surface area (Å²) in [5.41, 5.74) is 0.624. The molecule has 3 N–H and O–H groups in total. The maximum atomic E-state index is 11.9. The minimum atomic E-state index is -0.171. The lowest BCUT2D eigenvalue weighted by Gasteiger charge is -2.35. The molecule has 0 aromatic heterocycles. The fourth-order valence-corrected chi connectivity index (χ4v) is 3.08. The van der Waals surface area contributed by atoms with Crippen LogP contribution in [-0.2, 0) is 0 Å². The van der Waals surface area contributed by atoms with Gasteiger partial charge in [-0.1, -0.05) is 18.2 Å². The van der Waals surface area contributed by atoms with Gasteiger partial charge in [0.2, 0.25) is 0 Å². The summed E-state index contributed by atoms with van der Waals surface area (Å²) >= 11 is 0. The number of carbonyl (C=O) groups is 2. The van der Waals surface area contributed by atoms with E-state index in [4.69, 9.17) is 0 Å². The number of benzene rings is 1. The van der Waals surface area contributed by atoms with Crippen molar-refractivity contribution < 1.29 is 9.59 Å². The van der Waals surface area contributed by atoms with Gasteiger partial charge in [-0.2, -0.15) is 0 Å². The van der Waals surface area contributed by atoms with Crippen LogP contribution in [0, 0.1) is 5.92 Å². The summed E-state index contributed by atoms with van der Waals surface area (Å²) in [4.78, 5) is 26.2. The van der Waals surface area contributed by atoms with Crippen LogP contribution in [0.25, 0.3) is 0 Å². The van der Waals surface area contributed by atoms with Gasteiger partial charge in [-0.3, -0.25) is 4.79 Å². The standard InChI is InChI=1S/C19H30N4O2/c1-15(2)23-12-6-7-16(14-23)13-22-19(25)21-11-10-20-18(24)17-8-4-3-5-9-17/h3-5,8-9,15-16H,6-7,10-14H2,1-2H3,(H,20,24)(H2,21,22,25)/t16-/m0/s1. The van der Waals surface area contributed by atoms with Crippen molar-refractivity contribution in [1.29, 1.82) is 0 Å². The minimum absolute atomic E-state index is 0.126. The highest BCUT2D eigenvalue weighted by Crippen LogP contribution is 2.17. The summed E-state index contributed by atoms with van der Waals surface area (Å²) < 4.78 is 0. The maximum Gasteiger partial charge on any atom is 0.314 e. The molecule has 1 heterocycles. The maximum absolute atomic E-state index is 11.9. The van der Waals surface area contributed by atoms with Crippen molar-refractivity contribution in [1.82, 2.24) is 20.9 Å². The number of hydrogen-bond acceptors (Lipinski definition) is 3. The van der Waals surface area contributed by atoms with E-state index >= 15 is 0 Å². The highest BCUT2D eigenvalue weighted by Gasteiger charge is 2.21. The molecule has 0 aliphatic carbocycles. The average molecular weight is 346 g/mol. The molecule has 1 aromatic rings. The minimum Gasteiger partial charge on any atom is -0.350 e. The van der Waals surface area contributed by atoms with Crippen LogP contribution in [0.2, 0.25) is 0 Å². The molecule has 0 spiro atoms. The monoisotopic (exact) mass is 346 g/mol. The summed E-state index contributed by atoms with van der Waals surface area (Å²) in [6.45, 7) is 8.15. The molecule has 3 amide bonds. The van der Waals surface area contributed by atoms with Crippen molar-refractivity contribution in [2.45, 2.75) is 32.7 Å². The van der Waals surface area contributed by atoms with E-state index in [-0.39, 0.29) is 11.9 Å². The summed E-state index contributed by atoms with van der Waals surface area (Å²) in [5.74, 6) is 0.387. The number of amides is 3. The largest absolute Gasteiger partial charge is 0.350 e. The molecule has 1 saturated heterocycles. The second-order valence-electron chi connectivity index (χ2n) is 6.86. The third-order valence-corrected chi connectivity index (χ3v) is 4.56. The van der Waals surface area contributed by atoms with Gasteiger partial charge in [0.1, 0.15) is 0 Å². The first-order valence-electron chi connectivity index (χ1n) is 9.15. The van der Waals surface area contributed by atoms with Crippen LogP contribution < -0.4 is 16.0 Å². The van der Waals surface area contributed by atoms with Gasteiger partial charge in [0.25, 0.3) is 5.91 Å². The molecule has 2 rings (SSSR count). The van der Waals surface area contributed by atoms with Crippen molar-refractivity contribution in [3.63, 3.8) is 0 Å². The normalized spacial score (nSPS) is 18.0. The second kappa shape index (κ2) is 10.0. The van der Waals surface area contributed by atoms with Crippen LogP contribution in [0.1, 0.15) is 37.0 Å². The fraction of sp³-hybridized carbons (Fsp3) is 0.579. The molecule has 0 unspecified atom stereocenters. The number of rotatable bonds is 7. The number of hydrogen-bond donors (Lipinski definition) is 3. The van der Waals surface area contributed by atoms with Crippen LogP contribution >= 0.6 is 0 Å². The molecule has 138 valence electrons. The number of nitrogens with one attached hydrogen (secondary N) is 3. The molecule has 6 heteroatoms. The third-order valence-electron chi connectivity index (χ3n) is 4.56. The highest BCUT2D eigenvalue weighted by atomic mass is 16.2. The molecule has 1 atom stereocenters. The fourth-order valence-electron chi connectivity index (χ4n) is 3.08. The first-order chi connectivity index (χ1) is 12.1. The Morgan fingerprint density at radius 2 is 1.84 bits per heavy atom. The predicted molar refractivity (Wildman–Crippen MR) is 99.6 cm³/mol. The molecule has 1 aromatic carbocycles. The summed E-state index contributed by atoms with van der Waals surface area (Å²) in [7, 11) is 0. The summed E-state index contributed by atoms with van der Waals surface area (Å²) in [6, 6.07) is 9.44. The Morgan fingerprint density at radius 1 is 1.12 bits per heavy atom. The topological polar surface area (TPSA) is 73.5 Å². The van der Waals surface area contributed by atoms with E-state index in [9.17, 15) is 9.59 Å². The molecule has 6 nitrogen and oxygen atoms in total. The quantitative estimate of drug-likeness (QED) is 0.660. The van der Waals surface area contributed by atoms with E-state index in [1.165, 1.54) is 6.42 Å². The van der Waals surface area contributed by atoms with Crippen LogP contribution in [-0.4, -0.2) is 55.6 Å². The molecule has 1 aliphatic rings. The zero-order chi connectivity index (χ0) is 18.1. The van der Waals surface area contributed by atoms with Gasteiger partial charge in [0, 0.05) is 37.8 Å². The van der Waals surface area contributed by atoms with Crippen molar-refractivity contribution in [3.05, 3.63) is 35.9 Å². The number of urea groups is 1. The average Bonchev–Trinajstić information content (AvgIpc) is 2.64. The number of nitrogens with zero attached hydrogens (tertiary/aromatic N) is 1. The van der Waals surface area contributed by atoms with E-state index in [1.54, 1.807) is 12.1 Å². The Labute approximate surface area is 150 Å². The summed E-state index contributed by atoms with van der Waals surface area (Å²) in [5, 5.41) is 8.52. The van der Waals surface area contributed by atoms with E-state index in [1.807, 2.05) is 18.2 Å². The Hall–Kier alpha value is -2.08. The highest BCUT2D eigenvalue weighted by molar-refractivity contribution is 5.94. The van der Waals surface area contributed by atoms with Gasteiger partial charge in [-0.25, -0.2) is 4.79 Å². The lowest BCUT2D eigenvalue weighted by Crippen LogP contribution is -2.46. The van der Waals surface area contributed by atoms with Gasteiger partial charge in [-0.15, -0.1) is 0 Å². The Morgan fingerprint density at radius 3 is 2.56 bits per heavy atom. The third kappa shape index (κ3) is 6.74. The zero-order valence-electron chi connectivity index (χ0n) is 15.3. The second-order valence-corrected chi connectivity index (χ2v) is 6.86. The molecule has 0 radical (unpaired) electrons. The van der Waals surface area contributed by atoms with Crippen molar-refractivity contribution >= 4 is 11.9 Å². The Kier molecular flexibility index (Phi) is 7.73. The van der Waals surface area contributed by atoms with Gasteiger partial charge < -0.3 is 20.9 Å². The van der Waals surface area contributed by atoms with Gasteiger partial charge in [0.05, 0.1) is 0 Å². The SMILES string of the molecule is CC(C)N1CCC[C@@H](CNC(=O)NCCNC(=O)c2ccccc2)C1. The Bertz CT molecular complexity index is 548. The van der Waals surface area contributed by atoms with Crippen molar-refractivity contribution in [2.75, 3.05) is 32.7 Å². The number of carbonyl (C=O) groups excluding carboxylic acids is 2. The predicted octanol–water partition coefficient (Wildman–Crippen LogP) is 1.84. The molecule has 0 saturated carbocycles. The van der Waals surface area contributed by atoms with Crippen molar-refractivity contribution in [3.8, 4) is 0 Å². The molecular formula is C19H30N4O2.